The topological polar surface area (TPSA) is 53.6 Å². The molecule has 0 bridgehead atoms. The second-order valence-corrected chi connectivity index (χ2v) is 8.80. The summed E-state index contributed by atoms with van der Waals surface area (Å²) in [4.78, 5) is 6.85. The van der Waals surface area contributed by atoms with Crippen molar-refractivity contribution < 1.29 is 0 Å². The van der Waals surface area contributed by atoms with Gasteiger partial charge in [-0.3, -0.25) is 4.90 Å². The van der Waals surface area contributed by atoms with Crippen LogP contribution in [0, 0.1) is 0 Å². The first-order valence-electron chi connectivity index (χ1n) is 8.94. The number of benzene rings is 2. The van der Waals surface area contributed by atoms with Crippen molar-refractivity contribution in [1.82, 2.24) is 10.2 Å². The Balaban J connectivity index is 1.83. The standard InChI is InChI=1S/C21H18Cl4N4/c1-29-9-12(6-11-2-3-13(22)7-17(11)24)19-16(10-29)20(28-21(26)27-19)15-5-4-14(23)8-18(15)25/h2-8,20H,9-10H2,1H3,(H3,26,27,28)/b12-6+. The Kier molecular flexibility index (Phi) is 5.83. The molecule has 4 rings (SSSR count). The molecular formula is C21H18Cl4N4. The van der Waals surface area contributed by atoms with Crippen LogP contribution in [-0.4, -0.2) is 31.0 Å². The van der Waals surface area contributed by atoms with Crippen LogP contribution in [0.3, 0.4) is 0 Å². The van der Waals surface area contributed by atoms with E-state index in [2.05, 4.69) is 28.3 Å². The van der Waals surface area contributed by atoms with Crippen molar-refractivity contribution in [1.29, 1.82) is 0 Å². The summed E-state index contributed by atoms with van der Waals surface area (Å²) in [6.45, 7) is 1.47. The third kappa shape index (κ3) is 4.27. The summed E-state index contributed by atoms with van der Waals surface area (Å²) in [5.41, 5.74) is 11.0. The quantitative estimate of drug-likeness (QED) is 0.609. The third-order valence-corrected chi connectivity index (χ3v) is 6.05. The molecule has 0 radical (unpaired) electrons. The largest absolute Gasteiger partial charge is 0.370 e. The zero-order valence-electron chi connectivity index (χ0n) is 15.5. The molecule has 0 spiro atoms. The third-order valence-electron chi connectivity index (χ3n) is 4.92. The van der Waals surface area contributed by atoms with E-state index in [0.717, 1.165) is 41.1 Å². The molecule has 2 aliphatic heterocycles. The molecule has 2 aromatic carbocycles. The Morgan fingerprint density at radius 1 is 1.03 bits per heavy atom. The molecule has 0 saturated heterocycles. The minimum Gasteiger partial charge on any atom is -0.370 e. The summed E-state index contributed by atoms with van der Waals surface area (Å²) in [5, 5.41) is 5.58. The monoisotopic (exact) mass is 466 g/mol. The fourth-order valence-corrected chi connectivity index (χ4v) is 4.64. The van der Waals surface area contributed by atoms with Gasteiger partial charge in [-0.1, -0.05) is 58.5 Å². The number of nitrogens with two attached hydrogens (primary N) is 1. The van der Waals surface area contributed by atoms with Crippen LogP contribution < -0.4 is 11.1 Å². The van der Waals surface area contributed by atoms with Gasteiger partial charge in [-0.15, -0.1) is 0 Å². The predicted molar refractivity (Wildman–Crippen MR) is 123 cm³/mol. The van der Waals surface area contributed by atoms with Crippen molar-refractivity contribution in [2.24, 2.45) is 10.7 Å². The van der Waals surface area contributed by atoms with Gasteiger partial charge in [0.1, 0.15) is 6.04 Å². The number of hydrogen-bond donors (Lipinski definition) is 2. The van der Waals surface area contributed by atoms with Gasteiger partial charge in [0.25, 0.3) is 0 Å². The van der Waals surface area contributed by atoms with Gasteiger partial charge >= 0.3 is 0 Å². The number of halogens is 4. The average Bonchev–Trinajstić information content (AvgIpc) is 2.64. The fraction of sp³-hybridized carbons (Fsp3) is 0.190. The van der Waals surface area contributed by atoms with E-state index in [1.807, 2.05) is 24.3 Å². The lowest BCUT2D eigenvalue weighted by molar-refractivity contribution is 0.368. The summed E-state index contributed by atoms with van der Waals surface area (Å²) < 4.78 is 0. The minimum atomic E-state index is -0.289. The Morgan fingerprint density at radius 3 is 2.41 bits per heavy atom. The highest BCUT2D eigenvalue weighted by molar-refractivity contribution is 6.36. The number of aliphatic imine (C=N–C) groups is 1. The van der Waals surface area contributed by atoms with Crippen LogP contribution in [0.2, 0.25) is 20.1 Å². The van der Waals surface area contributed by atoms with Gasteiger partial charge < -0.3 is 11.1 Å². The summed E-state index contributed by atoms with van der Waals surface area (Å²) in [6.07, 6.45) is 2.05. The van der Waals surface area contributed by atoms with Crippen LogP contribution in [0.4, 0.5) is 0 Å². The highest BCUT2D eigenvalue weighted by atomic mass is 35.5. The van der Waals surface area contributed by atoms with E-state index in [1.165, 1.54) is 0 Å². The zero-order valence-corrected chi connectivity index (χ0v) is 18.5. The molecule has 3 N–H and O–H groups in total. The predicted octanol–water partition coefficient (Wildman–Crippen LogP) is 5.54. The molecule has 29 heavy (non-hydrogen) atoms. The second-order valence-electron chi connectivity index (χ2n) is 7.12. The Labute approximate surface area is 189 Å². The maximum Gasteiger partial charge on any atom is 0.194 e. The van der Waals surface area contributed by atoms with E-state index in [1.54, 1.807) is 12.1 Å². The van der Waals surface area contributed by atoms with Crippen LogP contribution in [0.15, 0.2) is 58.2 Å². The van der Waals surface area contributed by atoms with E-state index < -0.39 is 0 Å². The molecule has 1 unspecified atom stereocenters. The van der Waals surface area contributed by atoms with Crippen molar-refractivity contribution in [2.75, 3.05) is 20.1 Å². The number of hydrogen-bond acceptors (Lipinski definition) is 4. The van der Waals surface area contributed by atoms with E-state index in [0.29, 0.717) is 26.1 Å². The van der Waals surface area contributed by atoms with Crippen LogP contribution in [0.5, 0.6) is 0 Å². The highest BCUT2D eigenvalue weighted by Crippen LogP contribution is 2.39. The summed E-state index contributed by atoms with van der Waals surface area (Å²) in [6, 6.07) is 10.6. The molecule has 2 aromatic rings. The summed E-state index contributed by atoms with van der Waals surface area (Å²) in [5.74, 6) is 0.345. The lowest BCUT2D eigenvalue weighted by Crippen LogP contribution is -2.43. The van der Waals surface area contributed by atoms with Gasteiger partial charge in [-0.05, 0) is 59.7 Å². The molecule has 1 atom stereocenters. The van der Waals surface area contributed by atoms with Crippen molar-refractivity contribution in [3.05, 3.63) is 84.5 Å². The van der Waals surface area contributed by atoms with Gasteiger partial charge in [0, 0.05) is 38.9 Å². The maximum absolute atomic E-state index is 6.48. The second kappa shape index (κ2) is 8.21. The Morgan fingerprint density at radius 2 is 1.72 bits per heavy atom. The summed E-state index contributed by atoms with van der Waals surface area (Å²) in [7, 11) is 2.06. The molecule has 0 saturated carbocycles. The molecule has 0 fully saturated rings. The molecule has 0 amide bonds. The van der Waals surface area contributed by atoms with Crippen LogP contribution in [0.1, 0.15) is 17.2 Å². The van der Waals surface area contributed by atoms with E-state index >= 15 is 0 Å². The van der Waals surface area contributed by atoms with Crippen molar-refractivity contribution in [2.45, 2.75) is 6.04 Å². The van der Waals surface area contributed by atoms with Gasteiger partial charge in [-0.25, -0.2) is 4.99 Å². The molecule has 8 heteroatoms. The Bertz CT molecular complexity index is 1070. The number of rotatable bonds is 2. The van der Waals surface area contributed by atoms with Gasteiger partial charge in [0.15, 0.2) is 5.96 Å². The van der Waals surface area contributed by atoms with E-state index in [-0.39, 0.29) is 6.04 Å². The van der Waals surface area contributed by atoms with E-state index in [9.17, 15) is 0 Å². The molecule has 0 aliphatic carbocycles. The van der Waals surface area contributed by atoms with Crippen LogP contribution in [-0.2, 0) is 0 Å². The molecule has 0 aromatic heterocycles. The normalized spacial score (nSPS) is 21.1. The minimum absolute atomic E-state index is 0.289. The lowest BCUT2D eigenvalue weighted by atomic mass is 9.89. The maximum atomic E-state index is 6.48. The first-order chi connectivity index (χ1) is 13.8. The van der Waals surface area contributed by atoms with Crippen molar-refractivity contribution in [3.8, 4) is 0 Å². The highest BCUT2D eigenvalue weighted by Gasteiger charge is 2.32. The summed E-state index contributed by atoms with van der Waals surface area (Å²) >= 11 is 25.0. The zero-order chi connectivity index (χ0) is 20.7. The number of likely N-dealkylation sites (N-methyl/N-ethyl adjacent to an activating group) is 1. The molecular weight excluding hydrogens is 450 g/mol. The molecule has 2 aliphatic rings. The van der Waals surface area contributed by atoms with Crippen LogP contribution >= 0.6 is 46.4 Å². The molecule has 4 nitrogen and oxygen atoms in total. The molecule has 150 valence electrons. The average molecular weight is 468 g/mol. The number of nitrogens with one attached hydrogen (secondary N) is 1. The van der Waals surface area contributed by atoms with Crippen molar-refractivity contribution >= 4 is 58.4 Å². The van der Waals surface area contributed by atoms with Gasteiger partial charge in [0.05, 0.1) is 0 Å². The van der Waals surface area contributed by atoms with Gasteiger partial charge in [0.2, 0.25) is 0 Å². The number of nitrogens with zero attached hydrogens (tertiary/aromatic N) is 2. The Hall–Kier alpha value is -1.69. The van der Waals surface area contributed by atoms with Gasteiger partial charge in [-0.2, -0.15) is 0 Å². The van der Waals surface area contributed by atoms with Crippen LogP contribution in [0.25, 0.3) is 6.08 Å². The first kappa shape index (κ1) is 20.6. The first-order valence-corrected chi connectivity index (χ1v) is 10.5. The lowest BCUT2D eigenvalue weighted by Gasteiger charge is -2.36. The number of guanidine groups is 1. The molecule has 2 heterocycles. The fourth-order valence-electron chi connectivity index (χ4n) is 3.67. The van der Waals surface area contributed by atoms with E-state index in [4.69, 9.17) is 52.1 Å². The smallest absolute Gasteiger partial charge is 0.194 e. The SMILES string of the molecule is CN1CC2=C(NC(N)=NC2c2ccc(Cl)cc2Cl)/C(=C/c2ccc(Cl)cc2Cl)C1. The van der Waals surface area contributed by atoms with Crippen molar-refractivity contribution in [3.63, 3.8) is 0 Å².